The van der Waals surface area contributed by atoms with Crippen molar-refractivity contribution in [3.63, 3.8) is 0 Å². The number of nitrogens with one attached hydrogen (secondary N) is 1. The number of anilines is 1. The number of barbiturate groups is 1. The molecule has 4 amide bonds. The Morgan fingerprint density at radius 1 is 0.917 bits per heavy atom. The van der Waals surface area contributed by atoms with Gasteiger partial charge in [0.1, 0.15) is 11.3 Å². The Kier molecular flexibility index (Phi) is 7.72. The van der Waals surface area contributed by atoms with Crippen LogP contribution in [0.25, 0.3) is 6.08 Å². The molecule has 0 spiro atoms. The molecule has 0 bridgehead atoms. The van der Waals surface area contributed by atoms with Crippen molar-refractivity contribution >= 4 is 83.4 Å². The van der Waals surface area contributed by atoms with Gasteiger partial charge in [-0.25, -0.2) is 14.5 Å². The molecule has 0 saturated carbocycles. The molecule has 0 atom stereocenters. The van der Waals surface area contributed by atoms with Crippen LogP contribution in [0.3, 0.4) is 0 Å². The van der Waals surface area contributed by atoms with Crippen LogP contribution in [0.4, 0.5) is 10.5 Å². The van der Waals surface area contributed by atoms with E-state index < -0.39 is 23.8 Å². The van der Waals surface area contributed by atoms with Gasteiger partial charge in [-0.3, -0.25) is 14.9 Å². The molecule has 11 heteroatoms. The Labute approximate surface area is 230 Å². The second kappa shape index (κ2) is 10.8. The van der Waals surface area contributed by atoms with Crippen molar-refractivity contribution < 1.29 is 28.7 Å². The molecule has 1 fully saturated rings. The number of amides is 4. The zero-order valence-corrected chi connectivity index (χ0v) is 23.1. The van der Waals surface area contributed by atoms with Crippen LogP contribution in [0.2, 0.25) is 0 Å². The maximum Gasteiger partial charge on any atom is 0.343 e. The Bertz CT molecular complexity index is 1420. The van der Waals surface area contributed by atoms with E-state index in [0.717, 1.165) is 9.37 Å². The number of halogens is 3. The summed E-state index contributed by atoms with van der Waals surface area (Å²) in [6.45, 7) is 0. The summed E-state index contributed by atoms with van der Waals surface area (Å²) in [6.07, 6.45) is 1.27. The van der Waals surface area contributed by atoms with E-state index in [4.69, 9.17) is 9.47 Å². The summed E-state index contributed by atoms with van der Waals surface area (Å²) >= 11 is 10.0. The summed E-state index contributed by atoms with van der Waals surface area (Å²) in [5.74, 6) is -1.70. The summed E-state index contributed by atoms with van der Waals surface area (Å²) in [4.78, 5) is 52.0. The fourth-order valence-corrected chi connectivity index (χ4v) is 4.92. The molecule has 1 saturated heterocycles. The zero-order valence-electron chi connectivity index (χ0n) is 18.4. The van der Waals surface area contributed by atoms with Crippen LogP contribution < -0.4 is 19.7 Å². The van der Waals surface area contributed by atoms with E-state index in [0.29, 0.717) is 14.7 Å². The molecule has 3 aromatic carbocycles. The lowest BCUT2D eigenvalue weighted by Gasteiger charge is -2.26. The van der Waals surface area contributed by atoms with E-state index >= 15 is 0 Å². The fraction of sp³-hybridized carbons (Fsp3) is 0.0400. The lowest BCUT2D eigenvalue weighted by Crippen LogP contribution is -2.54. The van der Waals surface area contributed by atoms with Gasteiger partial charge in [0, 0.05) is 14.5 Å². The lowest BCUT2D eigenvalue weighted by molar-refractivity contribution is -0.122. The van der Waals surface area contributed by atoms with Crippen LogP contribution in [-0.4, -0.2) is 30.9 Å². The smallest absolute Gasteiger partial charge is 0.343 e. The third-order valence-electron chi connectivity index (χ3n) is 5.04. The summed E-state index contributed by atoms with van der Waals surface area (Å²) in [5, 5.41) is 2.17. The molecule has 0 aromatic heterocycles. The first kappa shape index (κ1) is 25.8. The van der Waals surface area contributed by atoms with E-state index in [1.165, 1.54) is 13.2 Å². The Morgan fingerprint density at radius 3 is 2.22 bits per heavy atom. The highest BCUT2D eigenvalue weighted by Gasteiger charge is 2.37. The standard InChI is InChI=1S/C25H15Br3N2O6/c1-35-18-8-2-13(3-9-18)24(33)36-21-14(10-16(27)12-20(21)28)11-19-22(31)29-25(34)30(23(19)32)17-6-4-15(26)5-7-17/h2-12H,1H3,(H,29,31,34)/b19-11-. The fourth-order valence-electron chi connectivity index (χ4n) is 3.31. The van der Waals surface area contributed by atoms with Gasteiger partial charge in [-0.2, -0.15) is 0 Å². The van der Waals surface area contributed by atoms with E-state index in [2.05, 4.69) is 53.1 Å². The molecule has 0 unspecified atom stereocenters. The summed E-state index contributed by atoms with van der Waals surface area (Å²) in [7, 11) is 1.51. The number of imide groups is 2. The molecule has 1 N–H and O–H groups in total. The molecule has 0 radical (unpaired) electrons. The van der Waals surface area contributed by atoms with Gasteiger partial charge < -0.3 is 9.47 Å². The number of benzene rings is 3. The van der Waals surface area contributed by atoms with Crippen molar-refractivity contribution in [3.05, 3.63) is 90.8 Å². The minimum atomic E-state index is -0.873. The van der Waals surface area contributed by atoms with Crippen LogP contribution in [0.1, 0.15) is 15.9 Å². The molecule has 182 valence electrons. The number of esters is 1. The minimum Gasteiger partial charge on any atom is -0.497 e. The SMILES string of the molecule is COc1ccc(C(=O)Oc2c(Br)cc(Br)cc2/C=C2/C(=O)NC(=O)N(c3ccc(Br)cc3)C2=O)cc1. The second-order valence-corrected chi connectivity index (χ2v) is 10.0. The van der Waals surface area contributed by atoms with Crippen molar-refractivity contribution in [2.75, 3.05) is 12.0 Å². The molecule has 0 aliphatic carbocycles. The number of hydrogen-bond acceptors (Lipinski definition) is 6. The largest absolute Gasteiger partial charge is 0.497 e. The molecule has 8 nitrogen and oxygen atoms in total. The predicted molar refractivity (Wildman–Crippen MR) is 143 cm³/mol. The Hall–Kier alpha value is -3.28. The number of hydrogen-bond donors (Lipinski definition) is 1. The quantitative estimate of drug-likeness (QED) is 0.157. The summed E-state index contributed by atoms with van der Waals surface area (Å²) in [5.41, 5.74) is 0.481. The molecule has 3 aromatic rings. The first-order valence-electron chi connectivity index (χ1n) is 10.2. The average Bonchev–Trinajstić information content (AvgIpc) is 2.84. The van der Waals surface area contributed by atoms with Crippen LogP contribution >= 0.6 is 47.8 Å². The maximum atomic E-state index is 13.2. The van der Waals surface area contributed by atoms with Crippen molar-refractivity contribution in [1.82, 2.24) is 5.32 Å². The van der Waals surface area contributed by atoms with Gasteiger partial charge in [0.05, 0.1) is 22.8 Å². The summed E-state index contributed by atoms with van der Waals surface area (Å²) < 4.78 is 12.5. The van der Waals surface area contributed by atoms with Gasteiger partial charge in [-0.1, -0.05) is 31.9 Å². The van der Waals surface area contributed by atoms with E-state index in [-0.39, 0.29) is 28.1 Å². The van der Waals surface area contributed by atoms with Crippen molar-refractivity contribution in [2.24, 2.45) is 0 Å². The number of urea groups is 1. The van der Waals surface area contributed by atoms with Crippen LogP contribution in [0.15, 0.2) is 79.7 Å². The molecule has 1 aliphatic rings. The Morgan fingerprint density at radius 2 is 1.58 bits per heavy atom. The van der Waals surface area contributed by atoms with Crippen LogP contribution in [-0.2, 0) is 9.59 Å². The molecule has 4 rings (SSSR count). The van der Waals surface area contributed by atoms with E-state index in [9.17, 15) is 19.2 Å². The third kappa shape index (κ3) is 5.43. The normalized spacial score (nSPS) is 14.6. The third-order valence-corrected chi connectivity index (χ3v) is 6.62. The molecule has 1 heterocycles. The Balaban J connectivity index is 1.72. The first-order chi connectivity index (χ1) is 17.2. The van der Waals surface area contributed by atoms with Gasteiger partial charge in [0.25, 0.3) is 11.8 Å². The number of ether oxygens (including phenoxy) is 2. The van der Waals surface area contributed by atoms with Crippen LogP contribution in [0.5, 0.6) is 11.5 Å². The number of rotatable bonds is 5. The van der Waals surface area contributed by atoms with E-state index in [1.54, 1.807) is 60.7 Å². The number of methoxy groups -OCH3 is 1. The van der Waals surface area contributed by atoms with Gasteiger partial charge in [-0.15, -0.1) is 0 Å². The monoisotopic (exact) mass is 676 g/mol. The minimum absolute atomic E-state index is 0.0826. The van der Waals surface area contributed by atoms with Crippen LogP contribution in [0, 0.1) is 0 Å². The maximum absolute atomic E-state index is 13.2. The van der Waals surface area contributed by atoms with Gasteiger partial charge in [-0.05, 0) is 82.7 Å². The highest BCUT2D eigenvalue weighted by molar-refractivity contribution is 9.11. The first-order valence-corrected chi connectivity index (χ1v) is 12.6. The highest BCUT2D eigenvalue weighted by Crippen LogP contribution is 2.36. The average molecular weight is 679 g/mol. The molecular weight excluding hydrogens is 664 g/mol. The lowest BCUT2D eigenvalue weighted by atomic mass is 10.1. The zero-order chi connectivity index (χ0) is 26.0. The molecule has 1 aliphatic heterocycles. The van der Waals surface area contributed by atoms with Gasteiger partial charge in [0.15, 0.2) is 5.75 Å². The molecule has 36 heavy (non-hydrogen) atoms. The van der Waals surface area contributed by atoms with Crippen molar-refractivity contribution in [2.45, 2.75) is 0 Å². The topological polar surface area (TPSA) is 102 Å². The number of carbonyl (C=O) groups excluding carboxylic acids is 4. The van der Waals surface area contributed by atoms with Crippen molar-refractivity contribution in [1.29, 1.82) is 0 Å². The number of carbonyl (C=O) groups is 4. The van der Waals surface area contributed by atoms with Gasteiger partial charge >= 0.3 is 12.0 Å². The highest BCUT2D eigenvalue weighted by atomic mass is 79.9. The second-order valence-electron chi connectivity index (χ2n) is 7.36. The van der Waals surface area contributed by atoms with E-state index in [1.807, 2.05) is 0 Å². The summed E-state index contributed by atoms with van der Waals surface area (Å²) in [6, 6.07) is 15.1. The van der Waals surface area contributed by atoms with Gasteiger partial charge in [0.2, 0.25) is 0 Å². The predicted octanol–water partition coefficient (Wildman–Crippen LogP) is 5.87. The number of nitrogens with zero attached hydrogens (tertiary/aromatic N) is 1. The molecular formula is C25H15Br3N2O6. The van der Waals surface area contributed by atoms with Crippen molar-refractivity contribution in [3.8, 4) is 11.5 Å².